The molecule has 0 amide bonds. The van der Waals surface area contributed by atoms with Gasteiger partial charge in [0.1, 0.15) is 17.8 Å². The van der Waals surface area contributed by atoms with Crippen molar-refractivity contribution >= 4 is 28.8 Å². The van der Waals surface area contributed by atoms with Crippen LogP contribution in [0.3, 0.4) is 0 Å². The number of pyridine rings is 1. The topological polar surface area (TPSA) is 80.5 Å². The van der Waals surface area contributed by atoms with Gasteiger partial charge in [0.25, 0.3) is 5.69 Å². The van der Waals surface area contributed by atoms with E-state index < -0.39 is 4.92 Å². The number of halogens is 1. The van der Waals surface area contributed by atoms with E-state index in [1.54, 1.807) is 26.2 Å². The van der Waals surface area contributed by atoms with E-state index in [2.05, 4.69) is 15.2 Å². The van der Waals surface area contributed by atoms with Crippen molar-refractivity contribution in [1.82, 2.24) is 4.98 Å². The molecule has 1 fully saturated rings. The molecule has 1 saturated heterocycles. The Morgan fingerprint density at radius 1 is 1.44 bits per heavy atom. The summed E-state index contributed by atoms with van der Waals surface area (Å²) in [7, 11) is 1.64. The van der Waals surface area contributed by atoms with Crippen molar-refractivity contribution in [2.75, 3.05) is 30.4 Å². The molecule has 8 heteroatoms. The van der Waals surface area contributed by atoms with E-state index in [0.717, 1.165) is 30.9 Å². The van der Waals surface area contributed by atoms with Gasteiger partial charge in [-0.05, 0) is 37.6 Å². The first-order chi connectivity index (χ1) is 12.0. The van der Waals surface area contributed by atoms with Crippen LogP contribution in [0.1, 0.15) is 12.0 Å². The monoisotopic (exact) mass is 362 g/mol. The predicted octanol–water partition coefficient (Wildman–Crippen LogP) is 3.65. The fourth-order valence-corrected chi connectivity index (χ4v) is 3.20. The Morgan fingerprint density at radius 2 is 2.24 bits per heavy atom. The first-order valence-electron chi connectivity index (χ1n) is 7.94. The Balaban J connectivity index is 1.71. The third-order valence-corrected chi connectivity index (χ3v) is 4.54. The summed E-state index contributed by atoms with van der Waals surface area (Å²) in [6.07, 6.45) is 2.22. The van der Waals surface area contributed by atoms with Crippen LogP contribution in [0.15, 0.2) is 30.5 Å². The Bertz CT molecular complexity index is 799. The molecule has 0 radical (unpaired) electrons. The lowest BCUT2D eigenvalue weighted by molar-refractivity contribution is -0.385. The number of benzene rings is 1. The molecule has 1 unspecified atom stereocenters. The molecule has 25 heavy (non-hydrogen) atoms. The van der Waals surface area contributed by atoms with Crippen molar-refractivity contribution in [3.63, 3.8) is 0 Å². The highest BCUT2D eigenvalue weighted by Gasteiger charge is 2.25. The van der Waals surface area contributed by atoms with E-state index in [0.29, 0.717) is 16.4 Å². The summed E-state index contributed by atoms with van der Waals surface area (Å²) in [6, 6.07) is 7.47. The molecule has 132 valence electrons. The normalized spacial score (nSPS) is 16.8. The highest BCUT2D eigenvalue weighted by molar-refractivity contribution is 6.30. The molecule has 2 heterocycles. The lowest BCUT2D eigenvalue weighted by atomic mass is 10.2. The Morgan fingerprint density at radius 3 is 2.92 bits per heavy atom. The van der Waals surface area contributed by atoms with Gasteiger partial charge in [0.15, 0.2) is 0 Å². The number of nitro groups is 1. The smallest absolute Gasteiger partial charge is 0.290 e. The minimum Gasteiger partial charge on any atom is -0.495 e. The molecule has 1 aromatic heterocycles. The predicted molar refractivity (Wildman–Crippen MR) is 97.9 cm³/mol. The molecule has 1 aliphatic rings. The highest BCUT2D eigenvalue weighted by atomic mass is 35.5. The van der Waals surface area contributed by atoms with Crippen LogP contribution >= 0.6 is 11.6 Å². The summed E-state index contributed by atoms with van der Waals surface area (Å²) in [4.78, 5) is 16.8. The first-order valence-corrected chi connectivity index (χ1v) is 8.32. The first kappa shape index (κ1) is 17.3. The van der Waals surface area contributed by atoms with Gasteiger partial charge in [0.2, 0.25) is 0 Å². The summed E-state index contributed by atoms with van der Waals surface area (Å²) in [5.41, 5.74) is 1.59. The van der Waals surface area contributed by atoms with E-state index in [9.17, 15) is 10.1 Å². The summed E-state index contributed by atoms with van der Waals surface area (Å²) in [5.74, 6) is 1.43. The SMILES string of the molecule is COc1ccc(Cl)cc1N1CCC(Nc2cc(C)c([N+](=O)[O-])cn2)C1. The van der Waals surface area contributed by atoms with Gasteiger partial charge in [0.05, 0.1) is 17.7 Å². The van der Waals surface area contributed by atoms with Gasteiger partial charge in [-0.15, -0.1) is 0 Å². The number of methoxy groups -OCH3 is 1. The van der Waals surface area contributed by atoms with Crippen molar-refractivity contribution in [2.45, 2.75) is 19.4 Å². The van der Waals surface area contributed by atoms with Gasteiger partial charge in [0, 0.05) is 29.7 Å². The number of ether oxygens (including phenoxy) is 1. The van der Waals surface area contributed by atoms with Gasteiger partial charge in [-0.1, -0.05) is 11.6 Å². The highest BCUT2D eigenvalue weighted by Crippen LogP contribution is 2.33. The van der Waals surface area contributed by atoms with Crippen LogP contribution in [0.25, 0.3) is 0 Å². The molecule has 1 aliphatic heterocycles. The molecule has 2 aromatic rings. The average Bonchev–Trinajstić information content (AvgIpc) is 3.03. The molecular formula is C17H19ClN4O3. The second-order valence-electron chi connectivity index (χ2n) is 6.01. The van der Waals surface area contributed by atoms with E-state index in [4.69, 9.17) is 16.3 Å². The number of rotatable bonds is 5. The van der Waals surface area contributed by atoms with Gasteiger partial charge in [-0.25, -0.2) is 4.98 Å². The number of nitrogens with zero attached hydrogens (tertiary/aromatic N) is 3. The van der Waals surface area contributed by atoms with Crippen molar-refractivity contribution < 1.29 is 9.66 Å². The zero-order valence-electron chi connectivity index (χ0n) is 14.0. The minimum atomic E-state index is -0.422. The summed E-state index contributed by atoms with van der Waals surface area (Å²) in [6.45, 7) is 3.34. The van der Waals surface area contributed by atoms with E-state index in [-0.39, 0.29) is 11.7 Å². The third kappa shape index (κ3) is 3.76. The molecule has 0 bridgehead atoms. The van der Waals surface area contributed by atoms with Crippen molar-refractivity contribution in [3.8, 4) is 5.75 Å². The molecule has 0 aliphatic carbocycles. The van der Waals surface area contributed by atoms with Crippen LogP contribution in [-0.4, -0.2) is 36.1 Å². The van der Waals surface area contributed by atoms with Gasteiger partial charge in [-0.3, -0.25) is 10.1 Å². The number of aromatic nitrogens is 1. The fraction of sp³-hybridized carbons (Fsp3) is 0.353. The van der Waals surface area contributed by atoms with E-state index in [1.807, 2.05) is 12.1 Å². The fourth-order valence-electron chi connectivity index (χ4n) is 3.04. The van der Waals surface area contributed by atoms with Crippen LogP contribution in [0.5, 0.6) is 5.75 Å². The van der Waals surface area contributed by atoms with E-state index in [1.165, 1.54) is 6.20 Å². The van der Waals surface area contributed by atoms with Crippen molar-refractivity contribution in [3.05, 3.63) is 51.2 Å². The second kappa shape index (κ2) is 7.14. The quantitative estimate of drug-likeness (QED) is 0.646. The number of nitrogens with one attached hydrogen (secondary N) is 1. The lowest BCUT2D eigenvalue weighted by Gasteiger charge is -2.22. The Kier molecular flexibility index (Phi) is 4.94. The number of hydrogen-bond donors (Lipinski definition) is 1. The number of aryl methyl sites for hydroxylation is 1. The Labute approximate surface area is 150 Å². The molecule has 0 spiro atoms. The number of hydrogen-bond acceptors (Lipinski definition) is 6. The van der Waals surface area contributed by atoms with Crippen molar-refractivity contribution in [1.29, 1.82) is 0 Å². The average molecular weight is 363 g/mol. The Hall–Kier alpha value is -2.54. The molecule has 1 N–H and O–H groups in total. The van der Waals surface area contributed by atoms with E-state index >= 15 is 0 Å². The second-order valence-corrected chi connectivity index (χ2v) is 6.44. The standard InChI is InChI=1S/C17H19ClN4O3/c1-11-7-17(19-9-15(11)22(23)24)20-13-5-6-21(10-13)14-8-12(18)3-4-16(14)25-2/h3-4,7-9,13H,5-6,10H2,1-2H3,(H,19,20). The molecule has 0 saturated carbocycles. The molecule has 1 aromatic carbocycles. The number of anilines is 2. The lowest BCUT2D eigenvalue weighted by Crippen LogP contribution is -2.26. The van der Waals surface area contributed by atoms with Gasteiger partial charge in [-0.2, -0.15) is 0 Å². The maximum Gasteiger partial charge on any atom is 0.290 e. The molecule has 7 nitrogen and oxygen atoms in total. The minimum absolute atomic E-state index is 0.0299. The third-order valence-electron chi connectivity index (χ3n) is 4.30. The maximum atomic E-state index is 10.9. The van der Waals surface area contributed by atoms with Gasteiger partial charge < -0.3 is 15.0 Å². The van der Waals surface area contributed by atoms with Crippen LogP contribution in [-0.2, 0) is 0 Å². The summed E-state index contributed by atoms with van der Waals surface area (Å²) >= 11 is 6.11. The van der Waals surface area contributed by atoms with Gasteiger partial charge >= 0.3 is 0 Å². The zero-order valence-corrected chi connectivity index (χ0v) is 14.8. The van der Waals surface area contributed by atoms with Crippen LogP contribution < -0.4 is 15.0 Å². The largest absolute Gasteiger partial charge is 0.495 e. The zero-order chi connectivity index (χ0) is 18.0. The van der Waals surface area contributed by atoms with Crippen molar-refractivity contribution in [2.24, 2.45) is 0 Å². The molecule has 1 atom stereocenters. The molecule has 3 rings (SSSR count). The van der Waals surface area contributed by atoms with Crippen LogP contribution in [0.4, 0.5) is 17.2 Å². The maximum absolute atomic E-state index is 10.9. The van der Waals surface area contributed by atoms with Crippen LogP contribution in [0.2, 0.25) is 5.02 Å². The molecular weight excluding hydrogens is 344 g/mol. The summed E-state index contributed by atoms with van der Waals surface area (Å²) in [5, 5.41) is 14.9. The van der Waals surface area contributed by atoms with Crippen LogP contribution in [0, 0.1) is 17.0 Å². The summed E-state index contributed by atoms with van der Waals surface area (Å²) < 4.78 is 5.42.